The summed E-state index contributed by atoms with van der Waals surface area (Å²) in [7, 11) is 3.85. The van der Waals surface area contributed by atoms with Gasteiger partial charge in [-0.2, -0.15) is 0 Å². The lowest BCUT2D eigenvalue weighted by Crippen LogP contribution is -2.32. The molecule has 1 rings (SSSR count). The van der Waals surface area contributed by atoms with Gasteiger partial charge in [0, 0.05) is 56.6 Å². The molecule has 0 unspecified atom stereocenters. The lowest BCUT2D eigenvalue weighted by molar-refractivity contribution is -0.120. The highest BCUT2D eigenvalue weighted by molar-refractivity contribution is 6.08. The van der Waals surface area contributed by atoms with Crippen molar-refractivity contribution in [1.29, 1.82) is 0 Å². The molecule has 0 spiro atoms. The molecule has 2 amide bonds. The number of nitrogens with zero attached hydrogens (tertiary/aromatic N) is 3. The van der Waals surface area contributed by atoms with Crippen LogP contribution >= 0.6 is 0 Å². The molecule has 1 fully saturated rings. The van der Waals surface area contributed by atoms with E-state index in [-0.39, 0.29) is 18.2 Å². The highest BCUT2D eigenvalue weighted by Gasteiger charge is 2.28. The molecule has 0 aromatic heterocycles. The molecular formula is C18H29N5O2. The van der Waals surface area contributed by atoms with Gasteiger partial charge in [0.1, 0.15) is 5.84 Å². The summed E-state index contributed by atoms with van der Waals surface area (Å²) in [6.45, 7) is 8.27. The Balaban J connectivity index is 2.73. The number of amides is 2. The average Bonchev–Trinajstić information content (AvgIpc) is 2.86. The molecule has 25 heavy (non-hydrogen) atoms. The van der Waals surface area contributed by atoms with Crippen LogP contribution in [0.25, 0.3) is 0 Å². The zero-order valence-electron chi connectivity index (χ0n) is 16.0. The molecule has 0 saturated carbocycles. The van der Waals surface area contributed by atoms with Crippen molar-refractivity contribution in [3.05, 3.63) is 35.2 Å². The summed E-state index contributed by atoms with van der Waals surface area (Å²) < 4.78 is 0. The fourth-order valence-corrected chi connectivity index (χ4v) is 2.27. The first kappa shape index (κ1) is 20.6. The van der Waals surface area contributed by atoms with Gasteiger partial charge in [-0.05, 0) is 27.7 Å². The lowest BCUT2D eigenvalue weighted by Gasteiger charge is -2.19. The number of amidine groups is 1. The fraction of sp³-hybridized carbons (Fsp3) is 0.500. The number of hydrogen-bond acceptors (Lipinski definition) is 4. The second-order valence-corrected chi connectivity index (χ2v) is 5.90. The van der Waals surface area contributed by atoms with Gasteiger partial charge in [-0.1, -0.05) is 12.2 Å². The van der Waals surface area contributed by atoms with Gasteiger partial charge in [-0.3, -0.25) is 14.6 Å². The molecule has 7 nitrogen and oxygen atoms in total. The number of carbonyl (C=O) groups excluding carboxylic acids is 2. The van der Waals surface area contributed by atoms with Crippen molar-refractivity contribution in [2.75, 3.05) is 27.2 Å². The summed E-state index contributed by atoms with van der Waals surface area (Å²) in [6, 6.07) is 0. The minimum atomic E-state index is -0.178. The number of allylic oxidation sites excluding steroid dienone is 3. The normalized spacial score (nSPS) is 19.7. The molecule has 1 aliphatic heterocycles. The van der Waals surface area contributed by atoms with Crippen molar-refractivity contribution in [2.24, 2.45) is 4.99 Å². The van der Waals surface area contributed by atoms with Gasteiger partial charge in [0.2, 0.25) is 11.8 Å². The van der Waals surface area contributed by atoms with Crippen LogP contribution in [0.15, 0.2) is 40.2 Å². The number of carbonyl (C=O) groups is 2. The Morgan fingerprint density at radius 1 is 1.24 bits per heavy atom. The van der Waals surface area contributed by atoms with Crippen molar-refractivity contribution < 1.29 is 9.59 Å². The zero-order valence-corrected chi connectivity index (χ0v) is 16.0. The largest absolute Gasteiger partial charge is 0.352 e. The van der Waals surface area contributed by atoms with Gasteiger partial charge in [0.15, 0.2) is 0 Å². The molecule has 0 bridgehead atoms. The molecule has 0 aromatic rings. The summed E-state index contributed by atoms with van der Waals surface area (Å²) in [5.74, 6) is 0.467. The predicted molar refractivity (Wildman–Crippen MR) is 101 cm³/mol. The summed E-state index contributed by atoms with van der Waals surface area (Å²) in [5, 5.41) is 9.45. The highest BCUT2D eigenvalue weighted by atomic mass is 16.2. The van der Waals surface area contributed by atoms with Crippen LogP contribution in [0.3, 0.4) is 0 Å². The van der Waals surface area contributed by atoms with Crippen LogP contribution in [0.2, 0.25) is 0 Å². The van der Waals surface area contributed by atoms with E-state index in [9.17, 15) is 9.59 Å². The smallest absolute Gasteiger partial charge is 0.247 e. The summed E-state index contributed by atoms with van der Waals surface area (Å²) >= 11 is 0. The van der Waals surface area contributed by atoms with Crippen molar-refractivity contribution in [2.45, 2.75) is 34.1 Å². The predicted octanol–water partition coefficient (Wildman–Crippen LogP) is 1.57. The molecule has 0 atom stereocenters. The molecule has 1 heterocycles. The highest BCUT2D eigenvalue weighted by Crippen LogP contribution is 2.19. The standard InChI is InChI=1S/C18H29N5O2/c1-7-10-19-17-15(12-22(5)23(17)6)14(4)18(25)20-11-9-16(24)21-13(3)8-2/h7-8,10H,9,11-12H2,1-6H3,(H,20,25)(H,21,24). The maximum absolute atomic E-state index is 12.4. The minimum Gasteiger partial charge on any atom is -0.352 e. The molecule has 1 saturated heterocycles. The number of nitrogens with one attached hydrogen (secondary N) is 2. The molecule has 7 heteroatoms. The van der Waals surface area contributed by atoms with Crippen LogP contribution < -0.4 is 10.6 Å². The van der Waals surface area contributed by atoms with Gasteiger partial charge >= 0.3 is 0 Å². The first-order valence-electron chi connectivity index (χ1n) is 8.36. The third-order valence-electron chi connectivity index (χ3n) is 4.02. The second-order valence-electron chi connectivity index (χ2n) is 5.90. The lowest BCUT2D eigenvalue weighted by atomic mass is 10.1. The molecule has 2 N–H and O–H groups in total. The van der Waals surface area contributed by atoms with E-state index in [1.807, 2.05) is 57.0 Å². The van der Waals surface area contributed by atoms with Crippen LogP contribution in [-0.4, -0.2) is 54.9 Å². The average molecular weight is 347 g/mol. The quantitative estimate of drug-likeness (QED) is 0.715. The van der Waals surface area contributed by atoms with E-state index in [0.29, 0.717) is 18.7 Å². The third kappa shape index (κ3) is 5.86. The van der Waals surface area contributed by atoms with E-state index in [1.165, 1.54) is 0 Å². The Kier molecular flexibility index (Phi) is 8.07. The summed E-state index contributed by atoms with van der Waals surface area (Å²) in [4.78, 5) is 28.5. The number of hydrogen-bond donors (Lipinski definition) is 2. The van der Waals surface area contributed by atoms with E-state index in [0.717, 1.165) is 17.1 Å². The number of rotatable bonds is 6. The van der Waals surface area contributed by atoms with E-state index in [2.05, 4.69) is 15.6 Å². The SMILES string of the molecule is CC=CN=C1C(=C(C)C(=O)NCCC(=O)NC(C)=CC)CN(C)N1C. The maximum Gasteiger partial charge on any atom is 0.247 e. The van der Waals surface area contributed by atoms with Crippen molar-refractivity contribution in [1.82, 2.24) is 20.7 Å². The minimum absolute atomic E-state index is 0.114. The van der Waals surface area contributed by atoms with E-state index in [1.54, 1.807) is 13.1 Å². The number of hydrazine groups is 1. The van der Waals surface area contributed by atoms with Crippen molar-refractivity contribution in [3.8, 4) is 0 Å². The molecule has 0 aliphatic carbocycles. The van der Waals surface area contributed by atoms with Gasteiger partial charge in [-0.25, -0.2) is 10.0 Å². The van der Waals surface area contributed by atoms with Crippen LogP contribution in [-0.2, 0) is 9.59 Å². The van der Waals surface area contributed by atoms with Crippen LogP contribution in [0, 0.1) is 0 Å². The van der Waals surface area contributed by atoms with Crippen LogP contribution in [0.5, 0.6) is 0 Å². The fourth-order valence-electron chi connectivity index (χ4n) is 2.27. The first-order valence-corrected chi connectivity index (χ1v) is 8.36. The van der Waals surface area contributed by atoms with E-state index < -0.39 is 0 Å². The van der Waals surface area contributed by atoms with Crippen molar-refractivity contribution in [3.63, 3.8) is 0 Å². The third-order valence-corrected chi connectivity index (χ3v) is 4.02. The Hall–Kier alpha value is -2.41. The van der Waals surface area contributed by atoms with E-state index in [4.69, 9.17) is 0 Å². The Morgan fingerprint density at radius 2 is 1.92 bits per heavy atom. The Labute approximate surface area is 150 Å². The molecule has 138 valence electrons. The Morgan fingerprint density at radius 3 is 2.52 bits per heavy atom. The van der Waals surface area contributed by atoms with Gasteiger partial charge in [0.25, 0.3) is 0 Å². The van der Waals surface area contributed by atoms with E-state index >= 15 is 0 Å². The van der Waals surface area contributed by atoms with Gasteiger partial charge in [0.05, 0.1) is 0 Å². The monoisotopic (exact) mass is 347 g/mol. The Bertz CT molecular complexity index is 631. The second kappa shape index (κ2) is 9.78. The number of likely N-dealkylation sites (N-methyl/N-ethyl adjacent to an activating group) is 2. The van der Waals surface area contributed by atoms with Crippen LogP contribution in [0.4, 0.5) is 0 Å². The summed E-state index contributed by atoms with van der Waals surface area (Å²) in [5.41, 5.74) is 2.30. The molecule has 0 radical (unpaired) electrons. The maximum atomic E-state index is 12.4. The zero-order chi connectivity index (χ0) is 19.0. The molecule has 1 aliphatic rings. The van der Waals surface area contributed by atoms with Crippen LogP contribution in [0.1, 0.15) is 34.1 Å². The van der Waals surface area contributed by atoms with Crippen molar-refractivity contribution >= 4 is 17.6 Å². The summed E-state index contributed by atoms with van der Waals surface area (Å²) in [6.07, 6.45) is 5.62. The first-order chi connectivity index (χ1) is 11.8. The topological polar surface area (TPSA) is 77.0 Å². The molecule has 0 aromatic carbocycles. The number of aliphatic imine (C=N–C) groups is 1. The van der Waals surface area contributed by atoms with Gasteiger partial charge < -0.3 is 10.6 Å². The van der Waals surface area contributed by atoms with Gasteiger partial charge in [-0.15, -0.1) is 0 Å². The molecular weight excluding hydrogens is 318 g/mol.